The van der Waals surface area contributed by atoms with Gasteiger partial charge in [0.25, 0.3) is 0 Å². The topological polar surface area (TPSA) is 27.1 Å². The maximum Gasteiger partial charge on any atom is 0.0955 e. The summed E-state index contributed by atoms with van der Waals surface area (Å²) in [4.78, 5) is 1.97. The van der Waals surface area contributed by atoms with Gasteiger partial charge >= 0.3 is 0 Å². The van der Waals surface area contributed by atoms with E-state index in [-0.39, 0.29) is 0 Å². The molecule has 1 aromatic heterocycles. The van der Waals surface area contributed by atoms with Gasteiger partial charge in [0.1, 0.15) is 0 Å². The zero-order valence-corrected chi connectivity index (χ0v) is 10.2. The first-order valence-electron chi connectivity index (χ1n) is 4.15. The summed E-state index contributed by atoms with van der Waals surface area (Å²) in [6, 6.07) is 2.10. The molecular formula is C9H13BrN2S. The van der Waals surface area contributed by atoms with Crippen LogP contribution in [0.1, 0.15) is 18.9 Å². The van der Waals surface area contributed by atoms with Gasteiger partial charge in [0.15, 0.2) is 0 Å². The molecule has 1 N–H and O–H groups in total. The molecule has 0 radical (unpaired) electrons. The Bertz CT molecular complexity index is 296. The van der Waals surface area contributed by atoms with Crippen LogP contribution in [-0.2, 0) is 6.54 Å². The molecule has 4 heteroatoms. The maximum absolute atomic E-state index is 7.62. The number of halogens is 1. The molecule has 0 unspecified atom stereocenters. The van der Waals surface area contributed by atoms with E-state index in [1.807, 2.05) is 18.9 Å². The summed E-state index contributed by atoms with van der Waals surface area (Å²) >= 11 is 5.11. The summed E-state index contributed by atoms with van der Waals surface area (Å²) in [6.45, 7) is 2.83. The first-order valence-corrected chi connectivity index (χ1v) is 5.82. The predicted molar refractivity (Wildman–Crippen MR) is 61.5 cm³/mol. The van der Waals surface area contributed by atoms with Gasteiger partial charge in [0.2, 0.25) is 0 Å². The van der Waals surface area contributed by atoms with Crippen molar-refractivity contribution in [2.75, 3.05) is 7.05 Å². The van der Waals surface area contributed by atoms with Crippen LogP contribution in [0, 0.1) is 5.41 Å². The molecular weight excluding hydrogens is 248 g/mol. The van der Waals surface area contributed by atoms with Gasteiger partial charge in [-0.2, -0.15) is 0 Å². The van der Waals surface area contributed by atoms with Gasteiger partial charge in [-0.15, -0.1) is 11.3 Å². The average molecular weight is 261 g/mol. The van der Waals surface area contributed by atoms with E-state index in [9.17, 15) is 0 Å². The van der Waals surface area contributed by atoms with Gasteiger partial charge in [-0.05, 0) is 32.9 Å². The Morgan fingerprint density at radius 3 is 2.85 bits per heavy atom. The maximum atomic E-state index is 7.62. The first kappa shape index (κ1) is 10.7. The minimum atomic E-state index is 0.683. The Kier molecular flexibility index (Phi) is 3.93. The number of rotatable bonds is 3. The summed E-state index contributed by atoms with van der Waals surface area (Å²) in [5.41, 5.74) is 1.26. The molecule has 1 heterocycles. The smallest absolute Gasteiger partial charge is 0.0955 e. The fraction of sp³-hybridized carbons (Fsp3) is 0.444. The highest BCUT2D eigenvalue weighted by molar-refractivity contribution is 9.11. The van der Waals surface area contributed by atoms with Crippen LogP contribution in [0.15, 0.2) is 15.2 Å². The highest BCUT2D eigenvalue weighted by atomic mass is 79.9. The van der Waals surface area contributed by atoms with Crippen molar-refractivity contribution in [2.24, 2.45) is 0 Å². The summed E-state index contributed by atoms with van der Waals surface area (Å²) in [5, 5.41) is 9.73. The summed E-state index contributed by atoms with van der Waals surface area (Å²) < 4.78 is 1.15. The lowest BCUT2D eigenvalue weighted by molar-refractivity contribution is 0.488. The van der Waals surface area contributed by atoms with Crippen molar-refractivity contribution in [3.8, 4) is 0 Å². The molecule has 0 fully saturated rings. The normalized spacial score (nSPS) is 10.1. The van der Waals surface area contributed by atoms with Gasteiger partial charge in [-0.25, -0.2) is 0 Å². The van der Waals surface area contributed by atoms with Crippen molar-refractivity contribution in [2.45, 2.75) is 19.9 Å². The van der Waals surface area contributed by atoms with Gasteiger partial charge in [0, 0.05) is 20.0 Å². The molecule has 0 spiro atoms. The third-order valence-corrected chi connectivity index (χ3v) is 3.39. The Morgan fingerprint density at radius 2 is 2.38 bits per heavy atom. The monoisotopic (exact) mass is 260 g/mol. The molecule has 0 bridgehead atoms. The highest BCUT2D eigenvalue weighted by Crippen LogP contribution is 2.21. The SMILES string of the molecule is CCC(=N)N(C)Cc1csc(Br)c1. The van der Waals surface area contributed by atoms with Gasteiger partial charge in [0.05, 0.1) is 9.62 Å². The van der Waals surface area contributed by atoms with E-state index in [1.54, 1.807) is 11.3 Å². The first-order chi connectivity index (χ1) is 6.13. The molecule has 72 valence electrons. The molecule has 0 atom stereocenters. The zero-order chi connectivity index (χ0) is 9.84. The Morgan fingerprint density at radius 1 is 1.69 bits per heavy atom. The number of nitrogens with one attached hydrogen (secondary N) is 1. The molecule has 0 saturated carbocycles. The average Bonchev–Trinajstić information content (AvgIpc) is 2.49. The summed E-state index contributed by atoms with van der Waals surface area (Å²) in [5.74, 6) is 0.683. The van der Waals surface area contributed by atoms with E-state index >= 15 is 0 Å². The van der Waals surface area contributed by atoms with Crippen LogP contribution in [0.3, 0.4) is 0 Å². The van der Waals surface area contributed by atoms with Gasteiger partial charge in [-0.3, -0.25) is 5.41 Å². The second-order valence-electron chi connectivity index (χ2n) is 2.92. The number of hydrogen-bond acceptors (Lipinski definition) is 2. The lowest BCUT2D eigenvalue weighted by atomic mass is 10.3. The number of amidine groups is 1. The fourth-order valence-corrected chi connectivity index (χ4v) is 2.27. The molecule has 1 aromatic rings. The van der Waals surface area contributed by atoms with Crippen molar-refractivity contribution in [1.82, 2.24) is 4.90 Å². The van der Waals surface area contributed by atoms with Crippen molar-refractivity contribution in [3.63, 3.8) is 0 Å². The molecule has 1 rings (SSSR count). The van der Waals surface area contributed by atoms with E-state index < -0.39 is 0 Å². The minimum absolute atomic E-state index is 0.683. The largest absolute Gasteiger partial charge is 0.359 e. The molecule has 0 amide bonds. The van der Waals surface area contributed by atoms with E-state index in [2.05, 4.69) is 27.4 Å². The fourth-order valence-electron chi connectivity index (χ4n) is 1.07. The Labute approximate surface area is 91.2 Å². The molecule has 0 aliphatic rings. The Hall–Kier alpha value is -0.350. The predicted octanol–water partition coefficient (Wildman–Crippen LogP) is 3.33. The molecule has 2 nitrogen and oxygen atoms in total. The van der Waals surface area contributed by atoms with E-state index in [1.165, 1.54) is 5.56 Å². The molecule has 0 aliphatic heterocycles. The van der Waals surface area contributed by atoms with E-state index in [4.69, 9.17) is 5.41 Å². The Balaban J connectivity index is 2.54. The van der Waals surface area contributed by atoms with Crippen molar-refractivity contribution >= 4 is 33.1 Å². The van der Waals surface area contributed by atoms with Crippen LogP contribution in [0.4, 0.5) is 0 Å². The van der Waals surface area contributed by atoms with E-state index in [0.717, 1.165) is 16.8 Å². The third kappa shape index (κ3) is 3.12. The van der Waals surface area contributed by atoms with Crippen LogP contribution in [0.25, 0.3) is 0 Å². The standard InChI is InChI=1S/C9H13BrN2S/c1-3-9(11)12(2)5-7-4-8(10)13-6-7/h4,6,11H,3,5H2,1-2H3. The molecule has 0 aromatic carbocycles. The van der Waals surface area contributed by atoms with Crippen LogP contribution < -0.4 is 0 Å². The number of thiophene rings is 1. The molecule has 0 saturated heterocycles. The van der Waals surface area contributed by atoms with Crippen LogP contribution >= 0.6 is 27.3 Å². The van der Waals surface area contributed by atoms with Crippen molar-refractivity contribution < 1.29 is 0 Å². The molecule has 13 heavy (non-hydrogen) atoms. The quantitative estimate of drug-likeness (QED) is 0.655. The second kappa shape index (κ2) is 4.77. The molecule has 0 aliphatic carbocycles. The highest BCUT2D eigenvalue weighted by Gasteiger charge is 2.04. The van der Waals surface area contributed by atoms with Gasteiger partial charge < -0.3 is 4.90 Å². The number of nitrogens with zero attached hydrogens (tertiary/aromatic N) is 1. The van der Waals surface area contributed by atoms with E-state index in [0.29, 0.717) is 5.84 Å². The van der Waals surface area contributed by atoms with Crippen molar-refractivity contribution in [1.29, 1.82) is 5.41 Å². The van der Waals surface area contributed by atoms with Gasteiger partial charge in [-0.1, -0.05) is 6.92 Å². The number of hydrogen-bond donors (Lipinski definition) is 1. The zero-order valence-electron chi connectivity index (χ0n) is 7.80. The van der Waals surface area contributed by atoms with Crippen LogP contribution in [0.2, 0.25) is 0 Å². The minimum Gasteiger partial charge on any atom is -0.359 e. The lowest BCUT2D eigenvalue weighted by Gasteiger charge is -2.17. The van der Waals surface area contributed by atoms with Crippen molar-refractivity contribution in [3.05, 3.63) is 20.8 Å². The summed E-state index contributed by atoms with van der Waals surface area (Å²) in [6.07, 6.45) is 0.793. The van der Waals surface area contributed by atoms with Crippen LogP contribution in [-0.4, -0.2) is 17.8 Å². The summed E-state index contributed by atoms with van der Waals surface area (Å²) in [7, 11) is 1.96. The second-order valence-corrected chi connectivity index (χ2v) is 5.21. The van der Waals surface area contributed by atoms with Crippen LogP contribution in [0.5, 0.6) is 0 Å². The lowest BCUT2D eigenvalue weighted by Crippen LogP contribution is -2.24. The third-order valence-electron chi connectivity index (χ3n) is 1.84.